The molecule has 2 N–H and O–H groups in total. The van der Waals surface area contributed by atoms with E-state index in [4.69, 9.17) is 31.0 Å². The topological polar surface area (TPSA) is 103 Å². The smallest absolute Gasteiger partial charge is 0.251 e. The van der Waals surface area contributed by atoms with Crippen LogP contribution in [-0.4, -0.2) is 52.0 Å². The van der Waals surface area contributed by atoms with E-state index >= 15 is 0 Å². The van der Waals surface area contributed by atoms with Gasteiger partial charge < -0.3 is 20.1 Å². The molecule has 0 aliphatic heterocycles. The maximum atomic E-state index is 12.7. The Morgan fingerprint density at radius 2 is 1.76 bits per heavy atom. The number of halogens is 1. The predicted octanol–water partition coefficient (Wildman–Crippen LogP) is 4.78. The van der Waals surface area contributed by atoms with Gasteiger partial charge in [0.1, 0.15) is 18.2 Å². The number of anilines is 1. The number of fused-ring (bicyclic) bond motifs is 1. The van der Waals surface area contributed by atoms with Gasteiger partial charge >= 0.3 is 0 Å². The molecule has 1 saturated carbocycles. The van der Waals surface area contributed by atoms with Crippen LogP contribution in [0.4, 0.5) is 5.82 Å². The summed E-state index contributed by atoms with van der Waals surface area (Å²) in [5.74, 6) is 1.95. The van der Waals surface area contributed by atoms with Crippen LogP contribution in [-0.2, 0) is 11.3 Å². The normalized spacial score (nSPS) is 17.5. The fourth-order valence-electron chi connectivity index (χ4n) is 4.64. The summed E-state index contributed by atoms with van der Waals surface area (Å²) in [5.41, 5.74) is 2.05. The van der Waals surface area contributed by atoms with Crippen LogP contribution >= 0.6 is 11.6 Å². The van der Waals surface area contributed by atoms with Gasteiger partial charge in [-0.3, -0.25) is 4.79 Å². The van der Waals surface area contributed by atoms with Crippen molar-refractivity contribution in [1.82, 2.24) is 25.1 Å². The summed E-state index contributed by atoms with van der Waals surface area (Å²) < 4.78 is 12.2. The number of carbonyl (C=O) groups excluding carboxylic acids is 1. The molecule has 2 aromatic heterocycles. The minimum Gasteiger partial charge on any atom is -0.497 e. The minimum atomic E-state index is -0.0623. The number of ether oxygens (including phenoxy) is 2. The van der Waals surface area contributed by atoms with Crippen LogP contribution in [0.1, 0.15) is 41.9 Å². The molecular formula is C27H29ClN6O3. The van der Waals surface area contributed by atoms with Gasteiger partial charge in [-0.15, -0.1) is 0 Å². The Balaban J connectivity index is 1.29. The second-order valence-corrected chi connectivity index (χ2v) is 9.47. The Morgan fingerprint density at radius 3 is 2.46 bits per heavy atom. The average Bonchev–Trinajstić information content (AvgIpc) is 3.34. The number of hydrogen-bond donors (Lipinski definition) is 2. The van der Waals surface area contributed by atoms with Gasteiger partial charge in [0.25, 0.3) is 5.91 Å². The molecule has 5 rings (SSSR count). The van der Waals surface area contributed by atoms with Crippen molar-refractivity contribution in [2.45, 2.75) is 44.4 Å². The number of rotatable bonds is 8. The van der Waals surface area contributed by atoms with Gasteiger partial charge in [0.05, 0.1) is 29.4 Å². The molecule has 1 aliphatic rings. The largest absolute Gasteiger partial charge is 0.497 e. The monoisotopic (exact) mass is 520 g/mol. The van der Waals surface area contributed by atoms with Gasteiger partial charge in [-0.2, -0.15) is 5.10 Å². The molecule has 1 amide bonds. The van der Waals surface area contributed by atoms with E-state index in [1.807, 2.05) is 24.3 Å². The molecule has 0 unspecified atom stereocenters. The molecule has 0 saturated heterocycles. The average molecular weight is 521 g/mol. The van der Waals surface area contributed by atoms with E-state index in [0.29, 0.717) is 22.1 Å². The van der Waals surface area contributed by atoms with Crippen LogP contribution in [0.2, 0.25) is 5.02 Å². The van der Waals surface area contributed by atoms with E-state index in [9.17, 15) is 4.79 Å². The number of benzene rings is 2. The van der Waals surface area contributed by atoms with Crippen molar-refractivity contribution < 1.29 is 14.3 Å². The Hall–Kier alpha value is -3.69. The summed E-state index contributed by atoms with van der Waals surface area (Å²) >= 11 is 6.43. The molecule has 0 atom stereocenters. The number of methoxy groups -OCH3 is 2. The molecule has 37 heavy (non-hydrogen) atoms. The van der Waals surface area contributed by atoms with Crippen molar-refractivity contribution in [2.75, 3.05) is 19.5 Å². The van der Waals surface area contributed by atoms with Crippen LogP contribution in [0.15, 0.2) is 54.7 Å². The molecule has 9 nitrogen and oxygen atoms in total. The zero-order chi connectivity index (χ0) is 25.8. The highest BCUT2D eigenvalue weighted by Crippen LogP contribution is 2.29. The maximum Gasteiger partial charge on any atom is 0.251 e. The zero-order valence-corrected chi connectivity index (χ0v) is 21.5. The number of amides is 1. The summed E-state index contributed by atoms with van der Waals surface area (Å²) in [4.78, 5) is 22.1. The highest BCUT2D eigenvalue weighted by Gasteiger charge is 2.25. The van der Waals surface area contributed by atoms with E-state index in [0.717, 1.165) is 48.3 Å². The van der Waals surface area contributed by atoms with Gasteiger partial charge in [0.2, 0.25) is 0 Å². The third-order valence-electron chi connectivity index (χ3n) is 6.58. The lowest BCUT2D eigenvalue weighted by atomic mass is 9.91. The highest BCUT2D eigenvalue weighted by atomic mass is 35.5. The van der Waals surface area contributed by atoms with Crippen LogP contribution in [0.3, 0.4) is 0 Å². The molecule has 2 aromatic carbocycles. The number of para-hydroxylation sites is 1. The van der Waals surface area contributed by atoms with E-state index in [2.05, 4.69) is 15.7 Å². The summed E-state index contributed by atoms with van der Waals surface area (Å²) in [6.07, 6.45) is 5.31. The first-order valence-corrected chi connectivity index (χ1v) is 12.6. The van der Waals surface area contributed by atoms with Gasteiger partial charge in [-0.25, -0.2) is 14.6 Å². The molecular weight excluding hydrogens is 492 g/mol. The van der Waals surface area contributed by atoms with E-state index in [-0.39, 0.29) is 24.6 Å². The van der Waals surface area contributed by atoms with Crippen LogP contribution in [0, 0.1) is 0 Å². The van der Waals surface area contributed by atoms with E-state index in [1.54, 1.807) is 49.4 Å². The molecule has 10 heteroatoms. The van der Waals surface area contributed by atoms with Crippen molar-refractivity contribution in [3.63, 3.8) is 0 Å². The quantitative estimate of drug-likeness (QED) is 0.344. The molecule has 192 valence electrons. The van der Waals surface area contributed by atoms with Crippen molar-refractivity contribution in [2.24, 2.45) is 0 Å². The summed E-state index contributed by atoms with van der Waals surface area (Å²) in [5, 5.41) is 12.7. The number of nitrogens with one attached hydrogen (secondary N) is 2. The van der Waals surface area contributed by atoms with Crippen molar-refractivity contribution in [3.8, 4) is 11.4 Å². The van der Waals surface area contributed by atoms with Crippen molar-refractivity contribution >= 4 is 34.4 Å². The Bertz CT molecular complexity index is 1380. The van der Waals surface area contributed by atoms with E-state index in [1.165, 1.54) is 0 Å². The summed E-state index contributed by atoms with van der Waals surface area (Å²) in [6.45, 7) is 0.280. The molecule has 0 radical (unpaired) electrons. The SMILES string of the molecule is COCc1nc(NC2CCC(NC(=O)c3ccc(OC)cc3)CC2)c2cnn(-c3ccccc3Cl)c2n1. The molecule has 1 aliphatic carbocycles. The molecule has 1 fully saturated rings. The fourth-order valence-corrected chi connectivity index (χ4v) is 4.86. The number of nitrogens with zero attached hydrogens (tertiary/aromatic N) is 4. The summed E-state index contributed by atoms with van der Waals surface area (Å²) in [6, 6.07) is 15.0. The summed E-state index contributed by atoms with van der Waals surface area (Å²) in [7, 11) is 3.23. The fraction of sp³-hybridized carbons (Fsp3) is 0.333. The lowest BCUT2D eigenvalue weighted by Crippen LogP contribution is -2.40. The maximum absolute atomic E-state index is 12.7. The Kier molecular flexibility index (Phi) is 7.52. The predicted molar refractivity (Wildman–Crippen MR) is 143 cm³/mol. The van der Waals surface area contributed by atoms with Crippen LogP contribution in [0.25, 0.3) is 16.7 Å². The van der Waals surface area contributed by atoms with Crippen LogP contribution in [0.5, 0.6) is 5.75 Å². The third-order valence-corrected chi connectivity index (χ3v) is 6.90. The first kappa shape index (κ1) is 25.0. The van der Waals surface area contributed by atoms with Gasteiger partial charge in [0, 0.05) is 24.8 Å². The third kappa shape index (κ3) is 5.52. The van der Waals surface area contributed by atoms with Gasteiger partial charge in [-0.1, -0.05) is 23.7 Å². The number of carbonyl (C=O) groups is 1. The molecule has 2 heterocycles. The van der Waals surface area contributed by atoms with Crippen molar-refractivity contribution in [1.29, 1.82) is 0 Å². The standard InChI is InChI=1S/C27H29ClN6O3/c1-36-16-24-32-25(21-15-29-34(26(21)33-24)23-6-4-3-5-22(23)28)30-18-9-11-19(12-10-18)31-27(35)17-7-13-20(37-2)14-8-17/h3-8,13-15,18-19H,9-12,16H2,1-2H3,(H,31,35)(H,30,32,33). The molecule has 4 aromatic rings. The first-order chi connectivity index (χ1) is 18.1. The van der Waals surface area contributed by atoms with Crippen molar-refractivity contribution in [3.05, 3.63) is 71.1 Å². The lowest BCUT2D eigenvalue weighted by molar-refractivity contribution is 0.0926. The van der Waals surface area contributed by atoms with Gasteiger partial charge in [-0.05, 0) is 62.1 Å². The molecule has 0 spiro atoms. The van der Waals surface area contributed by atoms with E-state index < -0.39 is 0 Å². The second-order valence-electron chi connectivity index (χ2n) is 9.06. The first-order valence-electron chi connectivity index (χ1n) is 12.3. The zero-order valence-electron chi connectivity index (χ0n) is 20.8. The lowest BCUT2D eigenvalue weighted by Gasteiger charge is -2.30. The molecule has 0 bridgehead atoms. The highest BCUT2D eigenvalue weighted by molar-refractivity contribution is 6.32. The number of aromatic nitrogens is 4. The Morgan fingerprint density at radius 1 is 1.03 bits per heavy atom. The Labute approximate surface area is 220 Å². The minimum absolute atomic E-state index is 0.0623. The van der Waals surface area contributed by atoms with Gasteiger partial charge in [0.15, 0.2) is 11.5 Å². The number of hydrogen-bond acceptors (Lipinski definition) is 7. The second kappa shape index (κ2) is 11.1. The van der Waals surface area contributed by atoms with Crippen LogP contribution < -0.4 is 15.4 Å².